The Morgan fingerprint density at radius 2 is 1.67 bits per heavy atom. The van der Waals surface area contributed by atoms with Crippen molar-refractivity contribution in [1.82, 2.24) is 19.9 Å². The van der Waals surface area contributed by atoms with Gasteiger partial charge in [0.2, 0.25) is 5.91 Å². The number of benzene rings is 1. The summed E-state index contributed by atoms with van der Waals surface area (Å²) in [7, 11) is 0. The molecule has 7 heteroatoms. The molecule has 1 N–H and O–H groups in total. The lowest BCUT2D eigenvalue weighted by atomic mass is 9.82. The molecule has 1 unspecified atom stereocenters. The quantitative estimate of drug-likeness (QED) is 0.521. The van der Waals surface area contributed by atoms with Crippen molar-refractivity contribution in [3.63, 3.8) is 0 Å². The molecule has 1 amide bonds. The Morgan fingerprint density at radius 1 is 0.970 bits per heavy atom. The van der Waals surface area contributed by atoms with E-state index < -0.39 is 17.7 Å². The number of carbonyl (C=O) groups excluding carboxylic acids is 1. The van der Waals surface area contributed by atoms with E-state index in [-0.39, 0.29) is 17.9 Å². The Bertz CT molecular complexity index is 1120. The zero-order valence-corrected chi connectivity index (χ0v) is 18.8. The summed E-state index contributed by atoms with van der Waals surface area (Å²) in [6, 6.07) is 7.40. The number of nitrogens with zero attached hydrogens (tertiary/aromatic N) is 3. The summed E-state index contributed by atoms with van der Waals surface area (Å²) in [5, 5.41) is 3.30. The predicted octanol–water partition coefficient (Wildman–Crippen LogP) is 5.95. The highest BCUT2D eigenvalue weighted by atomic mass is 19.2. The summed E-state index contributed by atoms with van der Waals surface area (Å²) in [5.74, 6) is -1.35. The van der Waals surface area contributed by atoms with Crippen LogP contribution < -0.4 is 5.32 Å². The van der Waals surface area contributed by atoms with E-state index in [1.165, 1.54) is 12.5 Å². The maximum atomic E-state index is 14.4. The number of imidazole rings is 1. The Balaban J connectivity index is 1.65. The van der Waals surface area contributed by atoms with Crippen molar-refractivity contribution in [1.29, 1.82) is 0 Å². The van der Waals surface area contributed by atoms with E-state index in [0.717, 1.165) is 63.9 Å². The van der Waals surface area contributed by atoms with Crippen LogP contribution in [0.15, 0.2) is 36.5 Å². The van der Waals surface area contributed by atoms with Crippen molar-refractivity contribution in [3.05, 3.63) is 48.2 Å². The first kappa shape index (κ1) is 22.0. The fraction of sp³-hybridized carbons (Fsp3) is 0.500. The van der Waals surface area contributed by atoms with Gasteiger partial charge >= 0.3 is 0 Å². The highest BCUT2D eigenvalue weighted by molar-refractivity contribution is 5.87. The van der Waals surface area contributed by atoms with Crippen LogP contribution >= 0.6 is 0 Å². The third-order valence-corrected chi connectivity index (χ3v) is 7.22. The first-order valence-electron chi connectivity index (χ1n) is 12.2. The second-order valence-electron chi connectivity index (χ2n) is 9.46. The summed E-state index contributed by atoms with van der Waals surface area (Å²) in [6.07, 6.45) is 12.2. The van der Waals surface area contributed by atoms with E-state index >= 15 is 0 Å². The van der Waals surface area contributed by atoms with E-state index in [1.54, 1.807) is 6.20 Å². The molecule has 0 bridgehead atoms. The minimum absolute atomic E-state index is 0.0463. The minimum Gasteiger partial charge on any atom is -0.352 e. The van der Waals surface area contributed by atoms with Crippen molar-refractivity contribution >= 4 is 16.9 Å². The summed E-state index contributed by atoms with van der Waals surface area (Å²) < 4.78 is 30.3. The average molecular weight is 453 g/mol. The molecule has 2 aliphatic carbocycles. The van der Waals surface area contributed by atoms with Gasteiger partial charge in [-0.05, 0) is 43.7 Å². The molecule has 2 aliphatic rings. The lowest BCUT2D eigenvalue weighted by Gasteiger charge is -2.33. The van der Waals surface area contributed by atoms with Crippen LogP contribution in [0.1, 0.15) is 70.3 Å². The van der Waals surface area contributed by atoms with Crippen LogP contribution in [0, 0.1) is 17.6 Å². The number of aromatic nitrogens is 3. The summed E-state index contributed by atoms with van der Waals surface area (Å²) >= 11 is 0. The number of hydrogen-bond acceptors (Lipinski definition) is 3. The summed E-state index contributed by atoms with van der Waals surface area (Å²) in [4.78, 5) is 22.9. The van der Waals surface area contributed by atoms with Crippen LogP contribution in [0.4, 0.5) is 8.78 Å². The first-order valence-corrected chi connectivity index (χ1v) is 12.2. The van der Waals surface area contributed by atoms with E-state index in [0.29, 0.717) is 22.6 Å². The van der Waals surface area contributed by atoms with Gasteiger partial charge in [-0.1, -0.05) is 44.6 Å². The standard InChI is InChI=1S/C26H30F2N4O/c27-19-15-22-23(16-20(19)28)32(25(31-22)21-13-7-8-14-29-21)24(17-9-3-1-4-10-17)26(33)30-18-11-5-2-6-12-18/h7-8,13-18,24H,1-6,9-12H2,(H,30,33). The highest BCUT2D eigenvalue weighted by Crippen LogP contribution is 2.38. The number of carbonyl (C=O) groups is 1. The maximum absolute atomic E-state index is 14.4. The van der Waals surface area contributed by atoms with Gasteiger partial charge in [0.1, 0.15) is 11.7 Å². The highest BCUT2D eigenvalue weighted by Gasteiger charge is 2.35. The third kappa shape index (κ3) is 4.50. The molecule has 0 saturated heterocycles. The van der Waals surface area contributed by atoms with Crippen LogP contribution in [0.3, 0.4) is 0 Å². The third-order valence-electron chi connectivity index (χ3n) is 7.22. The Kier molecular flexibility index (Phi) is 6.38. The van der Waals surface area contributed by atoms with Crippen LogP contribution in [-0.2, 0) is 4.79 Å². The largest absolute Gasteiger partial charge is 0.352 e. The number of nitrogens with one attached hydrogen (secondary N) is 1. The molecule has 2 saturated carbocycles. The number of hydrogen-bond donors (Lipinski definition) is 1. The monoisotopic (exact) mass is 452 g/mol. The molecule has 174 valence electrons. The summed E-state index contributed by atoms with van der Waals surface area (Å²) in [5.41, 5.74) is 1.35. The van der Waals surface area contributed by atoms with E-state index in [1.807, 2.05) is 22.8 Å². The molecule has 0 aliphatic heterocycles. The molecule has 0 radical (unpaired) electrons. The fourth-order valence-electron chi connectivity index (χ4n) is 5.57. The molecule has 5 nitrogen and oxygen atoms in total. The zero-order valence-electron chi connectivity index (χ0n) is 18.8. The molecule has 3 aromatic rings. The van der Waals surface area contributed by atoms with E-state index in [9.17, 15) is 13.6 Å². The fourth-order valence-corrected chi connectivity index (χ4v) is 5.57. The van der Waals surface area contributed by atoms with Crippen molar-refractivity contribution in [2.24, 2.45) is 5.92 Å². The number of rotatable bonds is 5. The van der Waals surface area contributed by atoms with Crippen molar-refractivity contribution in [3.8, 4) is 11.5 Å². The Labute approximate surface area is 192 Å². The number of pyridine rings is 1. The lowest BCUT2D eigenvalue weighted by molar-refractivity contribution is -0.127. The average Bonchev–Trinajstić information content (AvgIpc) is 3.19. The SMILES string of the molecule is O=C(NC1CCCCC1)C(C1CCCCC1)n1c(-c2ccccn2)nc2cc(F)c(F)cc21. The first-order chi connectivity index (χ1) is 16.1. The molecule has 1 atom stereocenters. The molecule has 0 spiro atoms. The molecule has 5 rings (SSSR count). The van der Waals surface area contributed by atoms with Gasteiger partial charge in [0, 0.05) is 24.4 Å². The molecule has 2 aromatic heterocycles. The topological polar surface area (TPSA) is 59.8 Å². The molecule has 2 heterocycles. The van der Waals surface area contributed by atoms with Gasteiger partial charge in [0.25, 0.3) is 0 Å². The minimum atomic E-state index is -0.944. The lowest BCUT2D eigenvalue weighted by Crippen LogP contribution is -2.43. The van der Waals surface area contributed by atoms with Crippen molar-refractivity contribution in [2.45, 2.75) is 76.3 Å². The van der Waals surface area contributed by atoms with Gasteiger partial charge < -0.3 is 9.88 Å². The molecular formula is C26H30F2N4O. The van der Waals surface area contributed by atoms with Gasteiger partial charge in [0.15, 0.2) is 17.5 Å². The van der Waals surface area contributed by atoms with E-state index in [4.69, 9.17) is 0 Å². The van der Waals surface area contributed by atoms with Gasteiger partial charge in [-0.25, -0.2) is 13.8 Å². The van der Waals surface area contributed by atoms with Crippen LogP contribution in [0.5, 0.6) is 0 Å². The molecule has 2 fully saturated rings. The van der Waals surface area contributed by atoms with Crippen molar-refractivity contribution < 1.29 is 13.6 Å². The second-order valence-corrected chi connectivity index (χ2v) is 9.46. The van der Waals surface area contributed by atoms with E-state index in [2.05, 4.69) is 15.3 Å². The van der Waals surface area contributed by atoms with Gasteiger partial charge in [-0.3, -0.25) is 9.78 Å². The molecule has 33 heavy (non-hydrogen) atoms. The Hall–Kier alpha value is -2.83. The number of halogens is 2. The number of fused-ring (bicyclic) bond motifs is 1. The van der Waals surface area contributed by atoms with Gasteiger partial charge in [-0.2, -0.15) is 0 Å². The van der Waals surface area contributed by atoms with Crippen LogP contribution in [0.2, 0.25) is 0 Å². The Morgan fingerprint density at radius 3 is 2.36 bits per heavy atom. The summed E-state index contributed by atoms with van der Waals surface area (Å²) in [6.45, 7) is 0. The molecular weight excluding hydrogens is 422 g/mol. The molecule has 1 aromatic carbocycles. The smallest absolute Gasteiger partial charge is 0.243 e. The number of amides is 1. The normalized spacial score (nSPS) is 19.0. The van der Waals surface area contributed by atoms with Crippen LogP contribution in [0.25, 0.3) is 22.6 Å². The van der Waals surface area contributed by atoms with Crippen LogP contribution in [-0.4, -0.2) is 26.5 Å². The maximum Gasteiger partial charge on any atom is 0.243 e. The second kappa shape index (κ2) is 9.57. The predicted molar refractivity (Wildman–Crippen MR) is 124 cm³/mol. The zero-order chi connectivity index (χ0) is 22.8. The van der Waals surface area contributed by atoms with Crippen molar-refractivity contribution in [2.75, 3.05) is 0 Å². The van der Waals surface area contributed by atoms with Gasteiger partial charge in [0.05, 0.1) is 11.0 Å². The van der Waals surface area contributed by atoms with Gasteiger partial charge in [-0.15, -0.1) is 0 Å².